The summed E-state index contributed by atoms with van der Waals surface area (Å²) in [4.78, 5) is 12.1. The molecule has 0 aromatic heterocycles. The molecule has 0 unspecified atom stereocenters. The van der Waals surface area contributed by atoms with Crippen LogP contribution in [-0.4, -0.2) is 5.78 Å². The number of rotatable bonds is 1. The molecular formula is C17H22O. The highest BCUT2D eigenvalue weighted by atomic mass is 16.1. The maximum Gasteiger partial charge on any atom is 0.163 e. The number of aryl methyl sites for hydroxylation is 1. The van der Waals surface area contributed by atoms with Crippen molar-refractivity contribution in [3.05, 3.63) is 34.9 Å². The molecule has 96 valence electrons. The van der Waals surface area contributed by atoms with Gasteiger partial charge in [-0.3, -0.25) is 4.79 Å². The Morgan fingerprint density at radius 2 is 1.83 bits per heavy atom. The minimum absolute atomic E-state index is 0.362. The van der Waals surface area contributed by atoms with Crippen molar-refractivity contribution in [2.75, 3.05) is 0 Å². The van der Waals surface area contributed by atoms with Gasteiger partial charge < -0.3 is 0 Å². The summed E-state index contributed by atoms with van der Waals surface area (Å²) in [7, 11) is 0. The van der Waals surface area contributed by atoms with Gasteiger partial charge in [0.1, 0.15) is 0 Å². The molecule has 0 N–H and O–H groups in total. The first-order valence-electron chi connectivity index (χ1n) is 7.39. The van der Waals surface area contributed by atoms with Crippen LogP contribution in [0.15, 0.2) is 18.2 Å². The van der Waals surface area contributed by atoms with E-state index in [1.165, 1.54) is 43.2 Å². The molecule has 1 atom stereocenters. The predicted octanol–water partition coefficient (Wildman–Crippen LogP) is 4.64. The summed E-state index contributed by atoms with van der Waals surface area (Å²) in [5.74, 6) is 1.84. The van der Waals surface area contributed by atoms with Gasteiger partial charge in [0.05, 0.1) is 0 Å². The van der Waals surface area contributed by atoms with Crippen molar-refractivity contribution in [2.24, 2.45) is 5.92 Å². The Balaban J connectivity index is 1.94. The van der Waals surface area contributed by atoms with E-state index in [0.717, 1.165) is 24.3 Å². The first-order valence-corrected chi connectivity index (χ1v) is 7.39. The van der Waals surface area contributed by atoms with Crippen LogP contribution in [0.1, 0.15) is 72.3 Å². The fourth-order valence-electron chi connectivity index (χ4n) is 3.84. The molecule has 0 amide bonds. The highest BCUT2D eigenvalue weighted by Gasteiger charge is 2.31. The summed E-state index contributed by atoms with van der Waals surface area (Å²) in [6.07, 6.45) is 8.76. The van der Waals surface area contributed by atoms with E-state index >= 15 is 0 Å². The summed E-state index contributed by atoms with van der Waals surface area (Å²) in [6, 6.07) is 6.50. The Bertz CT molecular complexity index is 455. The van der Waals surface area contributed by atoms with E-state index in [-0.39, 0.29) is 0 Å². The van der Waals surface area contributed by atoms with E-state index in [2.05, 4.69) is 25.1 Å². The molecule has 3 rings (SSSR count). The lowest BCUT2D eigenvalue weighted by molar-refractivity contribution is 0.0957. The van der Waals surface area contributed by atoms with Crippen LogP contribution < -0.4 is 0 Å². The highest BCUT2D eigenvalue weighted by molar-refractivity contribution is 5.99. The van der Waals surface area contributed by atoms with Gasteiger partial charge in [-0.1, -0.05) is 37.0 Å². The van der Waals surface area contributed by atoms with Gasteiger partial charge >= 0.3 is 0 Å². The van der Waals surface area contributed by atoms with Crippen molar-refractivity contribution in [1.82, 2.24) is 0 Å². The molecule has 1 nitrogen and oxygen atoms in total. The largest absolute Gasteiger partial charge is 0.294 e. The molecule has 0 radical (unpaired) electrons. The number of carbonyl (C=O) groups is 1. The summed E-state index contributed by atoms with van der Waals surface area (Å²) >= 11 is 0. The van der Waals surface area contributed by atoms with Crippen LogP contribution >= 0.6 is 0 Å². The van der Waals surface area contributed by atoms with Gasteiger partial charge in [0.15, 0.2) is 5.78 Å². The van der Waals surface area contributed by atoms with Crippen LogP contribution in [0.25, 0.3) is 0 Å². The van der Waals surface area contributed by atoms with Gasteiger partial charge in [0.25, 0.3) is 0 Å². The fraction of sp³-hybridized carbons (Fsp3) is 0.588. The molecule has 0 spiro atoms. The predicted molar refractivity (Wildman–Crippen MR) is 74.1 cm³/mol. The lowest BCUT2D eigenvalue weighted by Gasteiger charge is -2.34. The third kappa shape index (κ3) is 2.11. The second kappa shape index (κ2) is 4.87. The topological polar surface area (TPSA) is 17.1 Å². The van der Waals surface area contributed by atoms with Gasteiger partial charge in [-0.05, 0) is 49.7 Å². The van der Waals surface area contributed by atoms with Gasteiger partial charge in [-0.25, -0.2) is 0 Å². The molecule has 0 aliphatic heterocycles. The number of hydrogen-bond acceptors (Lipinski definition) is 1. The highest BCUT2D eigenvalue weighted by Crippen LogP contribution is 2.43. The van der Waals surface area contributed by atoms with Crippen LogP contribution in [0.3, 0.4) is 0 Å². The molecule has 1 fully saturated rings. The standard InChI is InChI=1S/C17H22O/c1-12-7-8-15-14(13-5-3-2-4-6-13)9-10-17(18)16(15)11-12/h7-8,11,13-14H,2-6,9-10H2,1H3/t14-/m1/s1. The molecule has 1 heteroatoms. The first kappa shape index (κ1) is 12.0. The second-order valence-corrected chi connectivity index (χ2v) is 6.06. The van der Waals surface area contributed by atoms with E-state index in [0.29, 0.717) is 11.7 Å². The van der Waals surface area contributed by atoms with Gasteiger partial charge in [0.2, 0.25) is 0 Å². The zero-order valence-corrected chi connectivity index (χ0v) is 11.2. The zero-order valence-electron chi connectivity index (χ0n) is 11.2. The molecule has 0 heterocycles. The average Bonchev–Trinajstić information content (AvgIpc) is 2.41. The fourth-order valence-corrected chi connectivity index (χ4v) is 3.84. The quantitative estimate of drug-likeness (QED) is 0.701. The number of fused-ring (bicyclic) bond motifs is 1. The Hall–Kier alpha value is -1.11. The van der Waals surface area contributed by atoms with E-state index < -0.39 is 0 Å². The zero-order chi connectivity index (χ0) is 12.5. The lowest BCUT2D eigenvalue weighted by Crippen LogP contribution is -2.23. The Morgan fingerprint density at radius 1 is 1.06 bits per heavy atom. The van der Waals surface area contributed by atoms with Crippen LogP contribution in [0.5, 0.6) is 0 Å². The number of carbonyl (C=O) groups excluding carboxylic acids is 1. The molecule has 0 saturated heterocycles. The average molecular weight is 242 g/mol. The Kier molecular flexibility index (Phi) is 3.23. The number of benzene rings is 1. The molecule has 2 aliphatic rings. The van der Waals surface area contributed by atoms with Crippen LogP contribution in [-0.2, 0) is 0 Å². The van der Waals surface area contributed by atoms with Gasteiger partial charge in [0, 0.05) is 12.0 Å². The minimum atomic E-state index is 0.362. The summed E-state index contributed by atoms with van der Waals surface area (Å²) in [6.45, 7) is 2.08. The number of hydrogen-bond donors (Lipinski definition) is 0. The smallest absolute Gasteiger partial charge is 0.163 e. The van der Waals surface area contributed by atoms with Crippen molar-refractivity contribution in [1.29, 1.82) is 0 Å². The Morgan fingerprint density at radius 3 is 2.61 bits per heavy atom. The number of ketones is 1. The maximum atomic E-state index is 12.1. The van der Waals surface area contributed by atoms with Crippen LogP contribution in [0, 0.1) is 12.8 Å². The Labute approximate surface area is 110 Å². The molecule has 1 aromatic carbocycles. The van der Waals surface area contributed by atoms with Crippen LogP contribution in [0.4, 0.5) is 0 Å². The first-order chi connectivity index (χ1) is 8.75. The molecule has 2 aliphatic carbocycles. The van der Waals surface area contributed by atoms with Crippen LogP contribution in [0.2, 0.25) is 0 Å². The van der Waals surface area contributed by atoms with Crippen molar-refractivity contribution in [2.45, 2.75) is 57.8 Å². The monoisotopic (exact) mass is 242 g/mol. The molecule has 1 aromatic rings. The van der Waals surface area contributed by atoms with E-state index in [1.807, 2.05) is 0 Å². The van der Waals surface area contributed by atoms with E-state index in [1.54, 1.807) is 0 Å². The lowest BCUT2D eigenvalue weighted by atomic mass is 9.70. The summed E-state index contributed by atoms with van der Waals surface area (Å²) in [5, 5.41) is 0. The molecule has 0 bridgehead atoms. The van der Waals surface area contributed by atoms with Crippen molar-refractivity contribution >= 4 is 5.78 Å². The SMILES string of the molecule is Cc1ccc2c(c1)C(=O)CC[C@@H]2C1CCCCC1. The normalized spacial score (nSPS) is 24.9. The van der Waals surface area contributed by atoms with E-state index in [9.17, 15) is 4.79 Å². The van der Waals surface area contributed by atoms with Gasteiger partial charge in [-0.2, -0.15) is 0 Å². The van der Waals surface area contributed by atoms with Crippen molar-refractivity contribution in [3.63, 3.8) is 0 Å². The third-order valence-corrected chi connectivity index (χ3v) is 4.81. The maximum absolute atomic E-state index is 12.1. The number of Topliss-reactive ketones (excluding diaryl/α,β-unsaturated/α-hetero) is 1. The molecule has 18 heavy (non-hydrogen) atoms. The second-order valence-electron chi connectivity index (χ2n) is 6.06. The summed E-state index contributed by atoms with van der Waals surface area (Å²) in [5.41, 5.74) is 3.59. The van der Waals surface area contributed by atoms with Crippen molar-refractivity contribution in [3.8, 4) is 0 Å². The molecule has 1 saturated carbocycles. The van der Waals surface area contributed by atoms with E-state index in [4.69, 9.17) is 0 Å². The third-order valence-electron chi connectivity index (χ3n) is 4.81. The van der Waals surface area contributed by atoms with Crippen molar-refractivity contribution < 1.29 is 4.79 Å². The van der Waals surface area contributed by atoms with Gasteiger partial charge in [-0.15, -0.1) is 0 Å². The summed E-state index contributed by atoms with van der Waals surface area (Å²) < 4.78 is 0. The minimum Gasteiger partial charge on any atom is -0.294 e. The molecular weight excluding hydrogens is 220 g/mol.